The molecule has 0 aliphatic heterocycles. The Morgan fingerprint density at radius 2 is 2.00 bits per heavy atom. The average molecular weight is 385 g/mol. The van der Waals surface area contributed by atoms with Crippen molar-refractivity contribution in [1.29, 1.82) is 5.26 Å². The second-order valence-electron chi connectivity index (χ2n) is 5.43. The van der Waals surface area contributed by atoms with E-state index in [0.717, 1.165) is 16.0 Å². The summed E-state index contributed by atoms with van der Waals surface area (Å²) in [6.07, 6.45) is 0. The normalized spacial score (nSPS) is 11.0. The lowest BCUT2D eigenvalue weighted by Crippen LogP contribution is -2.15. The number of benzene rings is 1. The second-order valence-corrected chi connectivity index (χ2v) is 8.14. The van der Waals surface area contributed by atoms with Crippen LogP contribution in [0.1, 0.15) is 10.4 Å². The molecule has 0 atom stereocenters. The van der Waals surface area contributed by atoms with Gasteiger partial charge in [-0.1, -0.05) is 18.2 Å². The van der Waals surface area contributed by atoms with E-state index in [0.29, 0.717) is 10.6 Å². The number of hydrogen-bond acceptors (Lipinski definition) is 6. The summed E-state index contributed by atoms with van der Waals surface area (Å²) in [5.74, 6) is 0.223. The van der Waals surface area contributed by atoms with Gasteiger partial charge < -0.3 is 4.74 Å². The van der Waals surface area contributed by atoms with E-state index in [1.54, 1.807) is 24.3 Å². The maximum Gasteiger partial charge on any atom is 0.279 e. The molecule has 132 valence electrons. The number of hydrogen-bond donors (Lipinski definition) is 1. The van der Waals surface area contributed by atoms with Crippen LogP contribution in [0.3, 0.4) is 0 Å². The third kappa shape index (κ3) is 3.69. The van der Waals surface area contributed by atoms with Gasteiger partial charge in [0.25, 0.3) is 10.0 Å². The van der Waals surface area contributed by atoms with Crippen LogP contribution in [0.25, 0.3) is 10.4 Å². The first-order valence-corrected chi connectivity index (χ1v) is 9.88. The summed E-state index contributed by atoms with van der Waals surface area (Å²) in [4.78, 5) is 5.47. The van der Waals surface area contributed by atoms with E-state index in [1.807, 2.05) is 25.1 Å². The number of methoxy groups -OCH3 is 1. The summed E-state index contributed by atoms with van der Waals surface area (Å²) in [6.45, 7) is 1.82. The maximum atomic E-state index is 12.7. The van der Waals surface area contributed by atoms with Gasteiger partial charge in [0, 0.05) is 10.9 Å². The molecule has 3 rings (SSSR count). The van der Waals surface area contributed by atoms with Crippen molar-refractivity contribution in [1.82, 2.24) is 4.98 Å². The van der Waals surface area contributed by atoms with Crippen molar-refractivity contribution in [2.45, 2.75) is 11.9 Å². The lowest BCUT2D eigenvalue weighted by Gasteiger charge is -2.12. The average Bonchev–Trinajstić information content (AvgIpc) is 3.12. The molecule has 6 nitrogen and oxygen atoms in total. The molecule has 0 aliphatic carbocycles. The summed E-state index contributed by atoms with van der Waals surface area (Å²) in [6, 6.07) is 15.7. The van der Waals surface area contributed by atoms with Gasteiger partial charge in [-0.15, -0.1) is 11.3 Å². The van der Waals surface area contributed by atoms with Gasteiger partial charge in [0.05, 0.1) is 12.8 Å². The Morgan fingerprint density at radius 3 is 2.69 bits per heavy atom. The fraction of sp³-hybridized carbons (Fsp3) is 0.111. The van der Waals surface area contributed by atoms with E-state index in [9.17, 15) is 8.42 Å². The number of sulfonamides is 1. The monoisotopic (exact) mass is 385 g/mol. The number of aromatic nitrogens is 1. The van der Waals surface area contributed by atoms with E-state index >= 15 is 0 Å². The predicted octanol–water partition coefficient (Wildman–Crippen LogP) is 3.80. The van der Waals surface area contributed by atoms with Crippen LogP contribution in [0.4, 0.5) is 5.69 Å². The molecular formula is C18H15N3O3S2. The highest BCUT2D eigenvalue weighted by atomic mass is 32.2. The van der Waals surface area contributed by atoms with Crippen molar-refractivity contribution in [3.8, 4) is 22.4 Å². The van der Waals surface area contributed by atoms with E-state index in [-0.39, 0.29) is 10.9 Å². The molecule has 3 aromatic rings. The summed E-state index contributed by atoms with van der Waals surface area (Å²) in [7, 11) is -2.43. The second kappa shape index (κ2) is 7.15. The van der Waals surface area contributed by atoms with Gasteiger partial charge in [-0.3, -0.25) is 4.72 Å². The first-order valence-electron chi connectivity index (χ1n) is 7.58. The zero-order valence-corrected chi connectivity index (χ0v) is 15.7. The molecule has 0 bridgehead atoms. The van der Waals surface area contributed by atoms with E-state index in [4.69, 9.17) is 10.00 Å². The number of ether oxygens (including phenoxy) is 1. The molecule has 8 heteroatoms. The highest BCUT2D eigenvalue weighted by molar-refractivity contribution is 7.92. The van der Waals surface area contributed by atoms with Gasteiger partial charge in [0.1, 0.15) is 10.9 Å². The lowest BCUT2D eigenvalue weighted by atomic mass is 10.1. The number of nitrogens with zero attached hydrogens (tertiary/aromatic N) is 2. The molecule has 0 radical (unpaired) electrons. The van der Waals surface area contributed by atoms with Gasteiger partial charge in [-0.25, -0.2) is 0 Å². The number of nitrogens with one attached hydrogen (secondary N) is 1. The van der Waals surface area contributed by atoms with Crippen LogP contribution in [-0.2, 0) is 10.0 Å². The molecule has 0 saturated carbocycles. The van der Waals surface area contributed by atoms with Gasteiger partial charge >= 0.3 is 0 Å². The molecule has 26 heavy (non-hydrogen) atoms. The van der Waals surface area contributed by atoms with Crippen molar-refractivity contribution in [3.63, 3.8) is 0 Å². The third-order valence-corrected chi connectivity index (χ3v) is 5.97. The summed E-state index contributed by atoms with van der Waals surface area (Å²) in [5, 5.41) is 8.85. The quantitative estimate of drug-likeness (QED) is 0.721. The van der Waals surface area contributed by atoms with Crippen LogP contribution < -0.4 is 9.46 Å². The van der Waals surface area contributed by atoms with Crippen LogP contribution in [0.15, 0.2) is 53.6 Å². The van der Waals surface area contributed by atoms with Crippen LogP contribution in [-0.4, -0.2) is 20.5 Å². The Labute approximate surface area is 155 Å². The van der Waals surface area contributed by atoms with Gasteiger partial charge in [0.15, 0.2) is 5.03 Å². The molecule has 0 saturated heterocycles. The lowest BCUT2D eigenvalue weighted by molar-refractivity contribution is 0.394. The zero-order valence-electron chi connectivity index (χ0n) is 14.1. The predicted molar refractivity (Wildman–Crippen MR) is 101 cm³/mol. The molecule has 0 unspecified atom stereocenters. The first kappa shape index (κ1) is 17.9. The van der Waals surface area contributed by atoms with E-state index in [2.05, 4.69) is 15.8 Å². The Hall–Kier alpha value is -2.89. The SMILES string of the molecule is COc1cccc(S(=O)(=O)Nc2cc(-c3ccc(C#N)s3)ccc2C)n1. The van der Waals surface area contributed by atoms with Crippen LogP contribution in [0, 0.1) is 18.3 Å². The zero-order chi connectivity index (χ0) is 18.7. The van der Waals surface area contributed by atoms with Crippen molar-refractivity contribution >= 4 is 27.0 Å². The highest BCUT2D eigenvalue weighted by Crippen LogP contribution is 2.31. The number of rotatable bonds is 5. The Bertz CT molecular complexity index is 1100. The molecule has 2 heterocycles. The third-order valence-electron chi connectivity index (χ3n) is 3.67. The standard InChI is InChI=1S/C18H15N3O3S2/c1-12-6-7-13(16-9-8-14(11-19)25-16)10-15(12)21-26(22,23)18-5-3-4-17(20-18)24-2/h3-10,21H,1-2H3. The maximum absolute atomic E-state index is 12.7. The van der Waals surface area contributed by atoms with Crippen molar-refractivity contribution in [3.05, 3.63) is 59.0 Å². The van der Waals surface area contributed by atoms with Crippen LogP contribution in [0.2, 0.25) is 0 Å². The fourth-order valence-corrected chi connectivity index (χ4v) is 4.18. The van der Waals surface area contributed by atoms with Gasteiger partial charge in [-0.2, -0.15) is 18.7 Å². The number of nitriles is 1. The topological polar surface area (TPSA) is 92.1 Å². The number of pyridine rings is 1. The smallest absolute Gasteiger partial charge is 0.279 e. The highest BCUT2D eigenvalue weighted by Gasteiger charge is 2.18. The van der Waals surface area contributed by atoms with Crippen molar-refractivity contribution < 1.29 is 13.2 Å². The minimum Gasteiger partial charge on any atom is -0.481 e. The van der Waals surface area contributed by atoms with E-state index < -0.39 is 10.0 Å². The van der Waals surface area contributed by atoms with Crippen LogP contribution >= 0.6 is 11.3 Å². The fourth-order valence-electron chi connectivity index (χ4n) is 2.29. The molecule has 0 amide bonds. The molecule has 1 N–H and O–H groups in total. The Kier molecular flexibility index (Phi) is 4.93. The number of anilines is 1. The summed E-state index contributed by atoms with van der Waals surface area (Å²) in [5.41, 5.74) is 2.06. The number of aryl methyl sites for hydroxylation is 1. The summed E-state index contributed by atoms with van der Waals surface area (Å²) < 4.78 is 32.9. The molecule has 0 fully saturated rings. The molecular weight excluding hydrogens is 370 g/mol. The van der Waals surface area contributed by atoms with Gasteiger partial charge in [0.2, 0.25) is 5.88 Å². The Morgan fingerprint density at radius 1 is 1.19 bits per heavy atom. The molecule has 1 aromatic carbocycles. The molecule has 0 aliphatic rings. The van der Waals surface area contributed by atoms with Crippen LogP contribution in [0.5, 0.6) is 5.88 Å². The van der Waals surface area contributed by atoms with Gasteiger partial charge in [-0.05, 0) is 42.3 Å². The summed E-state index contributed by atoms with van der Waals surface area (Å²) >= 11 is 1.35. The van der Waals surface area contributed by atoms with Crippen molar-refractivity contribution in [2.24, 2.45) is 0 Å². The minimum atomic E-state index is -3.86. The minimum absolute atomic E-state index is 0.121. The number of thiophene rings is 1. The molecule has 0 spiro atoms. The van der Waals surface area contributed by atoms with E-state index in [1.165, 1.54) is 24.5 Å². The first-order chi connectivity index (χ1) is 12.4. The largest absolute Gasteiger partial charge is 0.481 e. The molecule has 2 aromatic heterocycles. The van der Waals surface area contributed by atoms with Crippen molar-refractivity contribution in [2.75, 3.05) is 11.8 Å². The Balaban J connectivity index is 1.96.